The van der Waals surface area contributed by atoms with Gasteiger partial charge < -0.3 is 10.1 Å². The van der Waals surface area contributed by atoms with Crippen molar-refractivity contribution in [2.75, 3.05) is 12.4 Å². The number of para-hydroxylation sites is 2. The third-order valence-corrected chi connectivity index (χ3v) is 6.36. The van der Waals surface area contributed by atoms with Crippen LogP contribution in [0.4, 0.5) is 17.1 Å². The highest BCUT2D eigenvalue weighted by molar-refractivity contribution is 7.21. The fraction of sp³-hybridized carbons (Fsp3) is 0.0370. The van der Waals surface area contributed by atoms with E-state index in [2.05, 4.69) is 10.3 Å². The van der Waals surface area contributed by atoms with Crippen molar-refractivity contribution in [2.24, 2.45) is 0 Å². The minimum absolute atomic E-state index is 0.120. The van der Waals surface area contributed by atoms with E-state index in [-0.39, 0.29) is 5.91 Å². The summed E-state index contributed by atoms with van der Waals surface area (Å²) in [5, 5.41) is 24.3. The number of nitro groups is 2. The Bertz CT molecular complexity index is 1570. The molecule has 38 heavy (non-hydrogen) atoms. The number of fused-ring (bicyclic) bond motifs is 1. The van der Waals surface area contributed by atoms with Crippen LogP contribution in [-0.4, -0.2) is 27.8 Å². The maximum Gasteiger partial charge on any atom is 0.346 e. The molecule has 0 bridgehead atoms. The van der Waals surface area contributed by atoms with Gasteiger partial charge in [-0.2, -0.15) is 0 Å². The third kappa shape index (κ3) is 6.15. The lowest BCUT2D eigenvalue weighted by Gasteiger charge is -2.05. The Labute approximate surface area is 220 Å². The molecule has 1 amide bonds. The number of anilines is 1. The summed E-state index contributed by atoms with van der Waals surface area (Å²) in [6, 6.07) is 27.7. The molecule has 5 rings (SSSR count). The zero-order valence-electron chi connectivity index (χ0n) is 19.9. The lowest BCUT2D eigenvalue weighted by atomic mass is 10.2. The van der Waals surface area contributed by atoms with Crippen LogP contribution in [0.5, 0.6) is 5.75 Å². The minimum atomic E-state index is -0.780. The van der Waals surface area contributed by atoms with Gasteiger partial charge >= 0.3 is 11.4 Å². The van der Waals surface area contributed by atoms with Gasteiger partial charge in [0, 0.05) is 28.9 Å². The van der Waals surface area contributed by atoms with Crippen molar-refractivity contribution >= 4 is 44.5 Å². The number of ether oxygens (including phenoxy) is 1. The first-order chi connectivity index (χ1) is 18.4. The number of rotatable bonds is 6. The zero-order chi connectivity index (χ0) is 27.1. The van der Waals surface area contributed by atoms with Gasteiger partial charge in [0.25, 0.3) is 5.91 Å². The molecule has 4 aromatic carbocycles. The molecule has 5 aromatic rings. The molecule has 0 aliphatic rings. The summed E-state index contributed by atoms with van der Waals surface area (Å²) in [5.41, 5.74) is 2.39. The summed E-state index contributed by atoms with van der Waals surface area (Å²) in [7, 11) is 1.66. The van der Waals surface area contributed by atoms with Gasteiger partial charge in [-0.15, -0.1) is 11.3 Å². The number of nitrogens with one attached hydrogen (secondary N) is 1. The Morgan fingerprint density at radius 3 is 2.03 bits per heavy atom. The van der Waals surface area contributed by atoms with E-state index in [0.29, 0.717) is 5.56 Å². The van der Waals surface area contributed by atoms with Gasteiger partial charge in [0.05, 0.1) is 27.2 Å². The molecule has 10 nitrogen and oxygen atoms in total. The number of benzene rings is 4. The number of aromatic nitrogens is 1. The molecule has 0 saturated carbocycles. The predicted octanol–water partition coefficient (Wildman–Crippen LogP) is 6.73. The Morgan fingerprint density at radius 2 is 1.45 bits per heavy atom. The molecular formula is C27H20N4O6S. The quantitative estimate of drug-likeness (QED) is 0.190. The Morgan fingerprint density at radius 1 is 0.842 bits per heavy atom. The van der Waals surface area contributed by atoms with Crippen LogP contribution in [0.2, 0.25) is 0 Å². The molecule has 11 heteroatoms. The third-order valence-electron chi connectivity index (χ3n) is 5.30. The smallest absolute Gasteiger partial charge is 0.346 e. The van der Waals surface area contributed by atoms with Crippen LogP contribution in [0.1, 0.15) is 10.4 Å². The van der Waals surface area contributed by atoms with Crippen molar-refractivity contribution in [1.29, 1.82) is 0 Å². The molecule has 190 valence electrons. The standard InChI is InChI=1S/C21H16N2O2S.C6H4N2O4/c1-25-17-11-12-18-19(13-17)26-21(23-18)15-7-9-16(10-8-15)22-20(24)14-5-3-2-4-6-14;9-7(10)5-3-1-2-4-6(5)8(11)12/h2-13H,1H3,(H,22,24);1-4H. The molecule has 0 unspecified atom stereocenters. The molecule has 0 atom stereocenters. The minimum Gasteiger partial charge on any atom is -0.497 e. The number of nitro benzene ring substituents is 2. The van der Waals surface area contributed by atoms with Gasteiger partial charge in [0.2, 0.25) is 0 Å². The average molecular weight is 529 g/mol. The SMILES string of the molecule is COc1ccc2nc(-c3ccc(NC(=O)c4ccccc4)cc3)sc2c1.O=[N+]([O-])c1ccccc1[N+](=O)[O-]. The summed E-state index contributed by atoms with van der Waals surface area (Å²) in [4.78, 5) is 35.8. The summed E-state index contributed by atoms with van der Waals surface area (Å²) >= 11 is 1.62. The maximum absolute atomic E-state index is 12.2. The molecule has 0 spiro atoms. The molecule has 1 aromatic heterocycles. The molecule has 1 heterocycles. The van der Waals surface area contributed by atoms with E-state index < -0.39 is 21.2 Å². The second kappa shape index (κ2) is 11.7. The normalized spacial score (nSPS) is 10.2. The summed E-state index contributed by atoms with van der Waals surface area (Å²) in [6.07, 6.45) is 0. The fourth-order valence-corrected chi connectivity index (χ4v) is 4.42. The van der Waals surface area contributed by atoms with Crippen LogP contribution < -0.4 is 10.1 Å². The number of thiazole rings is 1. The van der Waals surface area contributed by atoms with Crippen molar-refractivity contribution in [2.45, 2.75) is 0 Å². The van der Waals surface area contributed by atoms with Crippen LogP contribution in [0, 0.1) is 20.2 Å². The zero-order valence-corrected chi connectivity index (χ0v) is 20.8. The fourth-order valence-electron chi connectivity index (χ4n) is 3.42. The first-order valence-corrected chi connectivity index (χ1v) is 12.0. The second-order valence-electron chi connectivity index (χ2n) is 7.75. The average Bonchev–Trinajstić information content (AvgIpc) is 3.37. The number of carbonyl (C=O) groups is 1. The molecule has 0 aliphatic carbocycles. The molecule has 0 saturated heterocycles. The van der Waals surface area contributed by atoms with Crippen molar-refractivity contribution < 1.29 is 19.4 Å². The predicted molar refractivity (Wildman–Crippen MR) is 146 cm³/mol. The van der Waals surface area contributed by atoms with Crippen molar-refractivity contribution in [1.82, 2.24) is 4.98 Å². The lowest BCUT2D eigenvalue weighted by Crippen LogP contribution is -2.11. The Balaban J connectivity index is 0.000000236. The maximum atomic E-state index is 12.2. The molecule has 0 aliphatic heterocycles. The van der Waals surface area contributed by atoms with Crippen LogP contribution in [0.25, 0.3) is 20.8 Å². The van der Waals surface area contributed by atoms with Gasteiger partial charge in [0.15, 0.2) is 0 Å². The first kappa shape index (κ1) is 25.9. The van der Waals surface area contributed by atoms with Crippen molar-refractivity contribution in [3.05, 3.63) is 123 Å². The number of amides is 1. The molecule has 0 fully saturated rings. The van der Waals surface area contributed by atoms with E-state index in [4.69, 9.17) is 4.74 Å². The topological polar surface area (TPSA) is 138 Å². The number of hydrogen-bond donors (Lipinski definition) is 1. The van der Waals surface area contributed by atoms with E-state index in [1.165, 1.54) is 12.1 Å². The molecule has 1 N–H and O–H groups in total. The van der Waals surface area contributed by atoms with Gasteiger partial charge in [0.1, 0.15) is 10.8 Å². The van der Waals surface area contributed by atoms with E-state index in [9.17, 15) is 25.0 Å². The highest BCUT2D eigenvalue weighted by Gasteiger charge is 2.21. The summed E-state index contributed by atoms with van der Waals surface area (Å²) in [6.45, 7) is 0. The largest absolute Gasteiger partial charge is 0.497 e. The Hall–Kier alpha value is -5.16. The summed E-state index contributed by atoms with van der Waals surface area (Å²) < 4.78 is 6.35. The van der Waals surface area contributed by atoms with E-state index in [1.807, 2.05) is 60.7 Å². The summed E-state index contributed by atoms with van der Waals surface area (Å²) in [5.74, 6) is 0.706. The van der Waals surface area contributed by atoms with E-state index >= 15 is 0 Å². The van der Waals surface area contributed by atoms with Crippen LogP contribution in [0.15, 0.2) is 97.1 Å². The van der Waals surface area contributed by atoms with Gasteiger partial charge in [-0.1, -0.05) is 30.3 Å². The highest BCUT2D eigenvalue weighted by atomic mass is 32.1. The lowest BCUT2D eigenvalue weighted by molar-refractivity contribution is -0.422. The number of hydrogen-bond acceptors (Lipinski definition) is 8. The van der Waals surface area contributed by atoms with Crippen molar-refractivity contribution in [3.63, 3.8) is 0 Å². The highest BCUT2D eigenvalue weighted by Crippen LogP contribution is 2.32. The van der Waals surface area contributed by atoms with E-state index in [0.717, 1.165) is 44.4 Å². The Kier molecular flexibility index (Phi) is 7.99. The molecular weight excluding hydrogens is 508 g/mol. The van der Waals surface area contributed by atoms with Crippen LogP contribution >= 0.6 is 11.3 Å². The number of nitrogens with zero attached hydrogens (tertiary/aromatic N) is 3. The number of carbonyl (C=O) groups excluding carboxylic acids is 1. The number of methoxy groups -OCH3 is 1. The van der Waals surface area contributed by atoms with Crippen molar-refractivity contribution in [3.8, 4) is 16.3 Å². The molecule has 0 radical (unpaired) electrons. The van der Waals surface area contributed by atoms with E-state index in [1.54, 1.807) is 30.6 Å². The monoisotopic (exact) mass is 528 g/mol. The van der Waals surface area contributed by atoms with Crippen LogP contribution in [0.3, 0.4) is 0 Å². The second-order valence-corrected chi connectivity index (χ2v) is 8.78. The van der Waals surface area contributed by atoms with Gasteiger partial charge in [-0.3, -0.25) is 25.0 Å². The van der Waals surface area contributed by atoms with Crippen LogP contribution in [-0.2, 0) is 0 Å². The van der Waals surface area contributed by atoms with Gasteiger partial charge in [-0.25, -0.2) is 4.98 Å². The van der Waals surface area contributed by atoms with Gasteiger partial charge in [-0.05, 0) is 54.6 Å². The first-order valence-electron chi connectivity index (χ1n) is 11.1.